The van der Waals surface area contributed by atoms with Crippen molar-refractivity contribution >= 4 is 0 Å². The molecule has 1 unspecified atom stereocenters. The van der Waals surface area contributed by atoms with Gasteiger partial charge in [0, 0.05) is 6.04 Å². The number of hydrogen-bond acceptors (Lipinski definition) is 1. The molecule has 0 amide bonds. The molecule has 0 saturated heterocycles. The molecule has 2 heteroatoms. The minimum atomic E-state index is -0.119. The highest BCUT2D eigenvalue weighted by atomic mass is 19.1. The van der Waals surface area contributed by atoms with E-state index in [0.717, 1.165) is 24.9 Å². The van der Waals surface area contributed by atoms with Crippen molar-refractivity contribution in [1.82, 2.24) is 5.32 Å². The third kappa shape index (κ3) is 4.40. The van der Waals surface area contributed by atoms with E-state index in [4.69, 9.17) is 0 Å². The first kappa shape index (κ1) is 15.7. The Kier molecular flexibility index (Phi) is 5.51. The Hall–Kier alpha value is -1.67. The molecule has 112 valence electrons. The molecule has 0 bridgehead atoms. The maximum atomic E-state index is 13.8. The van der Waals surface area contributed by atoms with Crippen LogP contribution in [0.25, 0.3) is 0 Å². The lowest BCUT2D eigenvalue weighted by molar-refractivity contribution is 0.510. The fourth-order valence-corrected chi connectivity index (χ4v) is 2.64. The zero-order valence-electron chi connectivity index (χ0n) is 13.1. The number of aryl methyl sites for hydroxylation is 3. The fourth-order valence-electron chi connectivity index (χ4n) is 2.64. The second-order valence-electron chi connectivity index (χ2n) is 5.65. The molecule has 1 nitrogen and oxygen atoms in total. The summed E-state index contributed by atoms with van der Waals surface area (Å²) >= 11 is 0. The summed E-state index contributed by atoms with van der Waals surface area (Å²) in [5.74, 6) is -0.119. The zero-order chi connectivity index (χ0) is 15.2. The number of nitrogens with one attached hydrogen (secondary N) is 1. The van der Waals surface area contributed by atoms with Gasteiger partial charge in [-0.15, -0.1) is 0 Å². The largest absolute Gasteiger partial charge is 0.310 e. The van der Waals surface area contributed by atoms with Crippen LogP contribution in [-0.2, 0) is 6.42 Å². The third-order valence-electron chi connectivity index (χ3n) is 3.85. The maximum Gasteiger partial charge on any atom is 0.126 e. The van der Waals surface area contributed by atoms with E-state index in [1.807, 2.05) is 12.1 Å². The van der Waals surface area contributed by atoms with Crippen molar-refractivity contribution in [2.45, 2.75) is 39.7 Å². The van der Waals surface area contributed by atoms with Crippen LogP contribution in [0.15, 0.2) is 42.5 Å². The van der Waals surface area contributed by atoms with Gasteiger partial charge in [-0.25, -0.2) is 4.39 Å². The SMILES string of the molecule is CCNC(CCc1cccc(C)c1)c1ccc(C)c(F)c1. The van der Waals surface area contributed by atoms with Crippen LogP contribution in [0.5, 0.6) is 0 Å². The lowest BCUT2D eigenvalue weighted by Crippen LogP contribution is -2.21. The van der Waals surface area contributed by atoms with Gasteiger partial charge in [0.2, 0.25) is 0 Å². The van der Waals surface area contributed by atoms with Crippen LogP contribution in [-0.4, -0.2) is 6.54 Å². The highest BCUT2D eigenvalue weighted by Crippen LogP contribution is 2.22. The Morgan fingerprint density at radius 2 is 1.90 bits per heavy atom. The molecule has 21 heavy (non-hydrogen) atoms. The van der Waals surface area contributed by atoms with E-state index in [2.05, 4.69) is 43.4 Å². The first-order chi connectivity index (χ1) is 10.1. The number of halogens is 1. The fraction of sp³-hybridized carbons (Fsp3) is 0.368. The second kappa shape index (κ2) is 7.37. The summed E-state index contributed by atoms with van der Waals surface area (Å²) in [5, 5.41) is 3.46. The van der Waals surface area contributed by atoms with E-state index >= 15 is 0 Å². The smallest absolute Gasteiger partial charge is 0.126 e. The van der Waals surface area contributed by atoms with Gasteiger partial charge in [0.15, 0.2) is 0 Å². The average Bonchev–Trinajstić information content (AvgIpc) is 2.46. The van der Waals surface area contributed by atoms with Gasteiger partial charge in [-0.05, 0) is 56.0 Å². The molecule has 0 aliphatic rings. The molecule has 2 aromatic rings. The summed E-state index contributed by atoms with van der Waals surface area (Å²) < 4.78 is 13.8. The van der Waals surface area contributed by atoms with Crippen LogP contribution in [0, 0.1) is 19.7 Å². The molecular weight excluding hydrogens is 261 g/mol. The minimum Gasteiger partial charge on any atom is -0.310 e. The molecule has 0 saturated carbocycles. The quantitative estimate of drug-likeness (QED) is 0.809. The van der Waals surface area contributed by atoms with E-state index in [-0.39, 0.29) is 11.9 Å². The zero-order valence-corrected chi connectivity index (χ0v) is 13.1. The minimum absolute atomic E-state index is 0.119. The van der Waals surface area contributed by atoms with Gasteiger partial charge in [0.05, 0.1) is 0 Å². The molecule has 0 spiro atoms. The van der Waals surface area contributed by atoms with Crippen LogP contribution >= 0.6 is 0 Å². The van der Waals surface area contributed by atoms with Gasteiger partial charge >= 0.3 is 0 Å². The van der Waals surface area contributed by atoms with Crippen molar-refractivity contribution < 1.29 is 4.39 Å². The van der Waals surface area contributed by atoms with Gasteiger partial charge in [0.25, 0.3) is 0 Å². The molecule has 1 N–H and O–H groups in total. The van der Waals surface area contributed by atoms with Crippen molar-refractivity contribution in [2.75, 3.05) is 6.54 Å². The van der Waals surface area contributed by atoms with Crippen molar-refractivity contribution in [1.29, 1.82) is 0 Å². The van der Waals surface area contributed by atoms with E-state index in [9.17, 15) is 4.39 Å². The molecule has 2 rings (SSSR count). The lowest BCUT2D eigenvalue weighted by atomic mass is 9.97. The molecule has 0 fully saturated rings. The molecule has 0 radical (unpaired) electrons. The third-order valence-corrected chi connectivity index (χ3v) is 3.85. The van der Waals surface area contributed by atoms with Crippen LogP contribution in [0.1, 0.15) is 41.6 Å². The highest BCUT2D eigenvalue weighted by molar-refractivity contribution is 5.27. The average molecular weight is 285 g/mol. The lowest BCUT2D eigenvalue weighted by Gasteiger charge is -2.19. The number of hydrogen-bond donors (Lipinski definition) is 1. The first-order valence-corrected chi connectivity index (χ1v) is 7.65. The normalized spacial score (nSPS) is 12.4. The number of rotatable bonds is 6. The van der Waals surface area contributed by atoms with Crippen molar-refractivity contribution in [2.24, 2.45) is 0 Å². The molecule has 1 atom stereocenters. The van der Waals surface area contributed by atoms with Crippen LogP contribution in [0.2, 0.25) is 0 Å². The highest BCUT2D eigenvalue weighted by Gasteiger charge is 2.12. The Morgan fingerprint density at radius 1 is 1.10 bits per heavy atom. The maximum absolute atomic E-state index is 13.8. The predicted molar refractivity (Wildman–Crippen MR) is 87.1 cm³/mol. The molecule has 0 aromatic heterocycles. The predicted octanol–water partition coefficient (Wildman–Crippen LogP) is 4.73. The van der Waals surface area contributed by atoms with Gasteiger partial charge in [-0.1, -0.05) is 48.9 Å². The summed E-state index contributed by atoms with van der Waals surface area (Å²) in [7, 11) is 0. The Morgan fingerprint density at radius 3 is 2.57 bits per heavy atom. The van der Waals surface area contributed by atoms with E-state index < -0.39 is 0 Å². The van der Waals surface area contributed by atoms with Gasteiger partial charge in [0.1, 0.15) is 5.82 Å². The van der Waals surface area contributed by atoms with Gasteiger partial charge < -0.3 is 5.32 Å². The van der Waals surface area contributed by atoms with E-state index in [1.165, 1.54) is 11.1 Å². The molecule has 0 heterocycles. The van der Waals surface area contributed by atoms with Gasteiger partial charge in [-0.2, -0.15) is 0 Å². The monoisotopic (exact) mass is 285 g/mol. The Labute approximate surface area is 127 Å². The first-order valence-electron chi connectivity index (χ1n) is 7.65. The summed E-state index contributed by atoms with van der Waals surface area (Å²) in [6.45, 7) is 6.88. The summed E-state index contributed by atoms with van der Waals surface area (Å²) in [6, 6.07) is 14.3. The van der Waals surface area contributed by atoms with E-state index in [1.54, 1.807) is 13.0 Å². The van der Waals surface area contributed by atoms with Gasteiger partial charge in [-0.3, -0.25) is 0 Å². The van der Waals surface area contributed by atoms with Crippen molar-refractivity contribution in [3.63, 3.8) is 0 Å². The summed E-state index contributed by atoms with van der Waals surface area (Å²) in [5.41, 5.74) is 4.36. The Balaban J connectivity index is 2.09. The molecule has 0 aliphatic heterocycles. The topological polar surface area (TPSA) is 12.0 Å². The van der Waals surface area contributed by atoms with Crippen LogP contribution in [0.4, 0.5) is 4.39 Å². The standard InChI is InChI=1S/C19H24FN/c1-4-21-19(17-10-8-15(3)18(20)13-17)11-9-16-7-5-6-14(2)12-16/h5-8,10,12-13,19,21H,4,9,11H2,1-3H3. The second-order valence-corrected chi connectivity index (χ2v) is 5.65. The van der Waals surface area contributed by atoms with E-state index in [0.29, 0.717) is 5.56 Å². The molecule has 2 aromatic carbocycles. The molecular formula is C19H24FN. The van der Waals surface area contributed by atoms with Crippen LogP contribution in [0.3, 0.4) is 0 Å². The van der Waals surface area contributed by atoms with Crippen molar-refractivity contribution in [3.8, 4) is 0 Å². The van der Waals surface area contributed by atoms with Crippen LogP contribution < -0.4 is 5.32 Å². The summed E-state index contributed by atoms with van der Waals surface area (Å²) in [4.78, 5) is 0. The number of benzene rings is 2. The Bertz CT molecular complexity index is 592. The van der Waals surface area contributed by atoms with Crippen molar-refractivity contribution in [3.05, 3.63) is 70.5 Å². The summed E-state index contributed by atoms with van der Waals surface area (Å²) in [6.07, 6.45) is 1.97. The molecule has 0 aliphatic carbocycles.